The minimum atomic E-state index is -0.161. The van der Waals surface area contributed by atoms with Crippen LogP contribution in [-0.4, -0.2) is 39.2 Å². The van der Waals surface area contributed by atoms with Gasteiger partial charge >= 0.3 is 0 Å². The molecular formula is C19H24N4OS. The van der Waals surface area contributed by atoms with Crippen LogP contribution in [-0.2, 0) is 4.79 Å². The number of thioether (sulfide) groups is 1. The van der Waals surface area contributed by atoms with E-state index in [4.69, 9.17) is 5.26 Å². The van der Waals surface area contributed by atoms with Crippen LogP contribution in [0.15, 0.2) is 35.7 Å². The predicted octanol–water partition coefficient (Wildman–Crippen LogP) is 3.59. The number of benzene rings is 1. The van der Waals surface area contributed by atoms with Crippen LogP contribution in [0.4, 0.5) is 0 Å². The summed E-state index contributed by atoms with van der Waals surface area (Å²) in [4.78, 5) is 18.6. The summed E-state index contributed by atoms with van der Waals surface area (Å²) in [6.45, 7) is 8.98. The number of carbonyl (C=O) groups excluding carboxylic acids is 1. The second-order valence-electron chi connectivity index (χ2n) is 6.18. The van der Waals surface area contributed by atoms with Crippen LogP contribution in [0.2, 0.25) is 0 Å². The molecule has 0 aliphatic rings. The lowest BCUT2D eigenvalue weighted by atomic mass is 10.1. The van der Waals surface area contributed by atoms with Gasteiger partial charge in [-0.1, -0.05) is 17.8 Å². The second kappa shape index (κ2) is 8.72. The summed E-state index contributed by atoms with van der Waals surface area (Å²) in [6, 6.07) is 8.52. The van der Waals surface area contributed by atoms with Crippen LogP contribution in [0.25, 0.3) is 5.69 Å². The molecule has 0 radical (unpaired) electrons. The maximum atomic E-state index is 12.4. The summed E-state index contributed by atoms with van der Waals surface area (Å²) in [5.41, 5.74) is 3.44. The number of hydrogen-bond donors (Lipinski definition) is 0. The van der Waals surface area contributed by atoms with Gasteiger partial charge in [0.1, 0.15) is 0 Å². The first kappa shape index (κ1) is 19.1. The monoisotopic (exact) mass is 356 g/mol. The van der Waals surface area contributed by atoms with Crippen molar-refractivity contribution in [1.29, 1.82) is 5.26 Å². The Labute approximate surface area is 153 Å². The van der Waals surface area contributed by atoms with Gasteiger partial charge in [-0.2, -0.15) is 5.26 Å². The topological polar surface area (TPSA) is 61.9 Å². The largest absolute Gasteiger partial charge is 0.341 e. The van der Waals surface area contributed by atoms with Crippen molar-refractivity contribution in [3.05, 3.63) is 41.7 Å². The molecule has 0 fully saturated rings. The zero-order valence-corrected chi connectivity index (χ0v) is 16.0. The molecule has 1 aromatic heterocycles. The molecule has 1 unspecified atom stereocenters. The molecule has 6 heteroatoms. The third kappa shape index (κ3) is 5.10. The van der Waals surface area contributed by atoms with Crippen LogP contribution >= 0.6 is 11.8 Å². The van der Waals surface area contributed by atoms with E-state index in [9.17, 15) is 4.79 Å². The normalized spacial score (nSPS) is 11.8. The summed E-state index contributed by atoms with van der Waals surface area (Å²) in [5, 5.41) is 9.74. The molecule has 5 nitrogen and oxygen atoms in total. The molecule has 0 spiro atoms. The van der Waals surface area contributed by atoms with Crippen LogP contribution < -0.4 is 0 Å². The molecule has 0 bridgehead atoms. The Kier molecular flexibility index (Phi) is 6.65. The molecule has 0 N–H and O–H groups in total. The van der Waals surface area contributed by atoms with Crippen LogP contribution in [0.5, 0.6) is 0 Å². The van der Waals surface area contributed by atoms with E-state index in [2.05, 4.69) is 43.1 Å². The lowest BCUT2D eigenvalue weighted by Crippen LogP contribution is -2.35. The number of nitriles is 1. The Bertz CT molecular complexity index is 758. The molecule has 1 atom stereocenters. The molecule has 1 heterocycles. The smallest absolute Gasteiger partial charge is 0.233 e. The van der Waals surface area contributed by atoms with Gasteiger partial charge in [-0.3, -0.25) is 9.36 Å². The standard InChI is InChI=1S/C19H24N4OS/c1-5-22(12-16(4)11-20)18(24)13-25-19-21-6-7-23(19)17-9-14(2)8-15(3)10-17/h6-10,16H,5,12-13H2,1-4H3. The van der Waals surface area contributed by atoms with E-state index in [0.717, 1.165) is 10.8 Å². The van der Waals surface area contributed by atoms with Crippen molar-refractivity contribution in [3.63, 3.8) is 0 Å². The summed E-state index contributed by atoms with van der Waals surface area (Å²) in [6.07, 6.45) is 3.66. The van der Waals surface area contributed by atoms with Crippen molar-refractivity contribution in [3.8, 4) is 11.8 Å². The highest BCUT2D eigenvalue weighted by molar-refractivity contribution is 7.99. The van der Waals surface area contributed by atoms with Crippen LogP contribution in [0.1, 0.15) is 25.0 Å². The Balaban J connectivity index is 2.08. The highest BCUT2D eigenvalue weighted by Crippen LogP contribution is 2.22. The van der Waals surface area contributed by atoms with Gasteiger partial charge in [0.15, 0.2) is 5.16 Å². The lowest BCUT2D eigenvalue weighted by Gasteiger charge is -2.21. The predicted molar refractivity (Wildman–Crippen MR) is 101 cm³/mol. The van der Waals surface area contributed by atoms with Gasteiger partial charge in [0.2, 0.25) is 5.91 Å². The third-order valence-corrected chi connectivity index (χ3v) is 4.82. The SMILES string of the molecule is CCN(CC(C)C#N)C(=O)CSc1nccn1-c1cc(C)cc(C)c1. The van der Waals surface area contributed by atoms with Gasteiger partial charge < -0.3 is 4.90 Å². The average Bonchev–Trinajstić information content (AvgIpc) is 3.05. The fraction of sp³-hybridized carbons (Fsp3) is 0.421. The number of aryl methyl sites for hydroxylation is 2. The number of amides is 1. The molecular weight excluding hydrogens is 332 g/mol. The fourth-order valence-corrected chi connectivity index (χ4v) is 3.55. The quantitative estimate of drug-likeness (QED) is 0.711. The Morgan fingerprint density at radius 1 is 1.36 bits per heavy atom. The summed E-state index contributed by atoms with van der Waals surface area (Å²) in [5.74, 6) is 0.184. The van der Waals surface area contributed by atoms with Crippen molar-refractivity contribution < 1.29 is 4.79 Å². The van der Waals surface area contributed by atoms with Gasteiger partial charge in [-0.15, -0.1) is 0 Å². The van der Waals surface area contributed by atoms with Crippen molar-refractivity contribution in [2.75, 3.05) is 18.8 Å². The Hall–Kier alpha value is -2.26. The van der Waals surface area contributed by atoms with E-state index < -0.39 is 0 Å². The number of hydrogen-bond acceptors (Lipinski definition) is 4. The maximum absolute atomic E-state index is 12.4. The highest BCUT2D eigenvalue weighted by Gasteiger charge is 2.16. The minimum Gasteiger partial charge on any atom is -0.341 e. The zero-order valence-electron chi connectivity index (χ0n) is 15.2. The Morgan fingerprint density at radius 3 is 2.64 bits per heavy atom. The first-order chi connectivity index (χ1) is 11.9. The van der Waals surface area contributed by atoms with Crippen molar-refractivity contribution in [1.82, 2.24) is 14.5 Å². The lowest BCUT2D eigenvalue weighted by molar-refractivity contribution is -0.128. The van der Waals surface area contributed by atoms with Gasteiger partial charge in [-0.05, 0) is 51.0 Å². The molecule has 0 saturated carbocycles. The van der Waals surface area contributed by atoms with Gasteiger partial charge in [0, 0.05) is 31.2 Å². The summed E-state index contributed by atoms with van der Waals surface area (Å²) < 4.78 is 2.01. The number of aromatic nitrogens is 2. The summed E-state index contributed by atoms with van der Waals surface area (Å²) >= 11 is 1.42. The molecule has 25 heavy (non-hydrogen) atoms. The molecule has 0 aliphatic heterocycles. The highest BCUT2D eigenvalue weighted by atomic mass is 32.2. The van der Waals surface area contributed by atoms with E-state index in [1.807, 2.05) is 24.6 Å². The molecule has 1 aromatic carbocycles. The number of carbonyl (C=O) groups is 1. The average molecular weight is 356 g/mol. The first-order valence-electron chi connectivity index (χ1n) is 8.36. The van der Waals surface area contributed by atoms with E-state index in [1.165, 1.54) is 22.9 Å². The van der Waals surface area contributed by atoms with Gasteiger partial charge in [0.25, 0.3) is 0 Å². The van der Waals surface area contributed by atoms with Crippen molar-refractivity contribution >= 4 is 17.7 Å². The van der Waals surface area contributed by atoms with Crippen LogP contribution in [0, 0.1) is 31.1 Å². The van der Waals surface area contributed by atoms with E-state index in [-0.39, 0.29) is 11.8 Å². The molecule has 2 rings (SSSR count). The number of nitrogens with zero attached hydrogens (tertiary/aromatic N) is 4. The second-order valence-corrected chi connectivity index (χ2v) is 7.12. The number of rotatable bonds is 7. The third-order valence-electron chi connectivity index (χ3n) is 3.87. The van der Waals surface area contributed by atoms with E-state index in [0.29, 0.717) is 18.8 Å². The zero-order chi connectivity index (χ0) is 18.4. The first-order valence-corrected chi connectivity index (χ1v) is 9.35. The van der Waals surface area contributed by atoms with Crippen LogP contribution in [0.3, 0.4) is 0 Å². The maximum Gasteiger partial charge on any atom is 0.233 e. The molecule has 132 valence electrons. The van der Waals surface area contributed by atoms with Crippen molar-refractivity contribution in [2.45, 2.75) is 32.9 Å². The molecule has 2 aromatic rings. The fourth-order valence-electron chi connectivity index (χ4n) is 2.68. The summed E-state index contributed by atoms with van der Waals surface area (Å²) in [7, 11) is 0. The minimum absolute atomic E-state index is 0.0320. The van der Waals surface area contributed by atoms with Crippen molar-refractivity contribution in [2.24, 2.45) is 5.92 Å². The van der Waals surface area contributed by atoms with Gasteiger partial charge in [0.05, 0.1) is 17.7 Å². The van der Waals surface area contributed by atoms with Gasteiger partial charge in [-0.25, -0.2) is 4.98 Å². The molecule has 0 saturated heterocycles. The Morgan fingerprint density at radius 2 is 2.04 bits per heavy atom. The van der Waals surface area contributed by atoms with E-state index >= 15 is 0 Å². The molecule has 1 amide bonds. The number of imidazole rings is 1. The van der Waals surface area contributed by atoms with E-state index in [1.54, 1.807) is 11.1 Å². The molecule has 0 aliphatic carbocycles.